The van der Waals surface area contributed by atoms with Crippen LogP contribution < -0.4 is 5.56 Å². The van der Waals surface area contributed by atoms with Crippen LogP contribution in [0.1, 0.15) is 36.7 Å². The minimum atomic E-state index is -0.574. The Balaban J connectivity index is 2.33. The Bertz CT molecular complexity index is 956. The van der Waals surface area contributed by atoms with Crippen LogP contribution >= 0.6 is 11.3 Å². The molecule has 2 aromatic heterocycles. The van der Waals surface area contributed by atoms with Crippen molar-refractivity contribution in [2.75, 3.05) is 6.67 Å². The summed E-state index contributed by atoms with van der Waals surface area (Å²) in [7, 11) is 0. The van der Waals surface area contributed by atoms with Gasteiger partial charge in [-0.05, 0) is 25.0 Å². The molecule has 0 saturated heterocycles. The molecule has 126 valence electrons. The maximum atomic E-state index is 13.0. The molecule has 3 nitrogen and oxygen atoms in total. The molecule has 0 spiro atoms. The molecule has 0 N–H and O–H groups in total. The topological polar surface area (TPSA) is 34.9 Å². The smallest absolute Gasteiger partial charge is 0.262 e. The van der Waals surface area contributed by atoms with Gasteiger partial charge >= 0.3 is 0 Å². The summed E-state index contributed by atoms with van der Waals surface area (Å²) in [5.41, 5.74) is 4.10. The van der Waals surface area contributed by atoms with E-state index in [0.717, 1.165) is 21.5 Å². The third kappa shape index (κ3) is 2.77. The van der Waals surface area contributed by atoms with Gasteiger partial charge in [0.25, 0.3) is 5.56 Å². The van der Waals surface area contributed by atoms with Crippen LogP contribution in [0.4, 0.5) is 4.39 Å². The van der Waals surface area contributed by atoms with Gasteiger partial charge in [0.15, 0.2) is 0 Å². The first kappa shape index (κ1) is 16.8. The Hall–Kier alpha value is -2.01. The van der Waals surface area contributed by atoms with Gasteiger partial charge in [0.05, 0.1) is 11.9 Å². The summed E-state index contributed by atoms with van der Waals surface area (Å²) < 4.78 is 14.5. The third-order valence-electron chi connectivity index (χ3n) is 4.22. The fourth-order valence-electron chi connectivity index (χ4n) is 3.10. The van der Waals surface area contributed by atoms with Gasteiger partial charge in [-0.1, -0.05) is 37.6 Å². The molecule has 1 aromatic carbocycles. The molecule has 0 atom stereocenters. The van der Waals surface area contributed by atoms with E-state index in [1.54, 1.807) is 0 Å². The number of nitrogens with zero attached hydrogens (tertiary/aromatic N) is 2. The largest absolute Gasteiger partial charge is 0.293 e. The second-order valence-electron chi connectivity index (χ2n) is 6.42. The first-order valence-corrected chi connectivity index (χ1v) is 8.97. The monoisotopic (exact) mass is 344 g/mol. The second kappa shape index (κ2) is 6.48. The number of aromatic nitrogens is 2. The lowest BCUT2D eigenvalue weighted by molar-refractivity contribution is 0.428. The lowest BCUT2D eigenvalue weighted by Crippen LogP contribution is -2.26. The number of fused-ring (bicyclic) bond motifs is 1. The first-order valence-electron chi connectivity index (χ1n) is 8.09. The summed E-state index contributed by atoms with van der Waals surface area (Å²) in [6.07, 6.45) is 0. The molecular weight excluding hydrogens is 323 g/mol. The van der Waals surface area contributed by atoms with Crippen molar-refractivity contribution >= 4 is 21.6 Å². The van der Waals surface area contributed by atoms with Gasteiger partial charge in [-0.25, -0.2) is 9.37 Å². The molecule has 0 aliphatic rings. The third-order valence-corrected chi connectivity index (χ3v) is 5.09. The van der Waals surface area contributed by atoms with Gasteiger partial charge in [0, 0.05) is 16.9 Å². The molecule has 0 aliphatic heterocycles. The van der Waals surface area contributed by atoms with Crippen molar-refractivity contribution in [2.24, 2.45) is 0 Å². The van der Waals surface area contributed by atoms with Crippen LogP contribution in [-0.4, -0.2) is 16.2 Å². The minimum Gasteiger partial charge on any atom is -0.293 e. The van der Waals surface area contributed by atoms with Gasteiger partial charge in [-0.3, -0.25) is 9.36 Å². The average molecular weight is 344 g/mol. The number of alkyl halides is 1. The molecule has 5 heteroatoms. The van der Waals surface area contributed by atoms with Gasteiger partial charge in [0.1, 0.15) is 17.3 Å². The first-order chi connectivity index (χ1) is 11.4. The molecule has 2 heterocycles. The molecular formula is C19H21FN2OS. The van der Waals surface area contributed by atoms with Gasteiger partial charge < -0.3 is 0 Å². The predicted molar refractivity (Wildman–Crippen MR) is 98.9 cm³/mol. The highest BCUT2D eigenvalue weighted by Crippen LogP contribution is 2.33. The maximum absolute atomic E-state index is 13.0. The number of aryl methyl sites for hydroxylation is 2. The molecule has 0 amide bonds. The van der Waals surface area contributed by atoms with E-state index in [-0.39, 0.29) is 18.0 Å². The summed E-state index contributed by atoms with van der Waals surface area (Å²) in [5.74, 6) is 0.722. The quantitative estimate of drug-likeness (QED) is 0.679. The number of halogens is 1. The molecule has 0 fully saturated rings. The Morgan fingerprint density at radius 2 is 2.00 bits per heavy atom. The lowest BCUT2D eigenvalue weighted by Gasteiger charge is -2.14. The van der Waals surface area contributed by atoms with E-state index in [9.17, 15) is 9.18 Å². The minimum absolute atomic E-state index is 0.0530. The van der Waals surface area contributed by atoms with Crippen molar-refractivity contribution in [3.8, 4) is 11.1 Å². The van der Waals surface area contributed by atoms with Crippen molar-refractivity contribution in [1.82, 2.24) is 9.55 Å². The molecule has 24 heavy (non-hydrogen) atoms. The predicted octanol–water partition coefficient (Wildman–Crippen LogP) is 4.83. The number of benzene rings is 1. The van der Waals surface area contributed by atoms with Gasteiger partial charge in [-0.2, -0.15) is 0 Å². The fourth-order valence-corrected chi connectivity index (χ4v) is 4.03. The zero-order valence-corrected chi connectivity index (χ0v) is 15.2. The van der Waals surface area contributed by atoms with E-state index < -0.39 is 6.67 Å². The molecule has 0 bridgehead atoms. The fraction of sp³-hybridized carbons (Fsp3) is 0.368. The highest BCUT2D eigenvalue weighted by molar-refractivity contribution is 7.17. The number of hydrogen-bond acceptors (Lipinski definition) is 3. The zero-order valence-electron chi connectivity index (χ0n) is 14.4. The maximum Gasteiger partial charge on any atom is 0.262 e. The normalized spacial score (nSPS) is 11.6. The van der Waals surface area contributed by atoms with Crippen LogP contribution in [0.25, 0.3) is 21.3 Å². The Morgan fingerprint density at radius 3 is 2.62 bits per heavy atom. The van der Waals surface area contributed by atoms with E-state index in [4.69, 9.17) is 0 Å². The van der Waals surface area contributed by atoms with E-state index in [1.807, 2.05) is 45.2 Å². The van der Waals surface area contributed by atoms with E-state index in [0.29, 0.717) is 11.2 Å². The second-order valence-corrected chi connectivity index (χ2v) is 7.28. The van der Waals surface area contributed by atoms with Gasteiger partial charge in [-0.15, -0.1) is 11.3 Å². The Kier molecular flexibility index (Phi) is 4.54. The van der Waals surface area contributed by atoms with Crippen molar-refractivity contribution in [3.05, 3.63) is 50.9 Å². The van der Waals surface area contributed by atoms with Crippen LogP contribution in [0, 0.1) is 13.8 Å². The van der Waals surface area contributed by atoms with Crippen LogP contribution in [0.5, 0.6) is 0 Å². The molecule has 3 aromatic rings. The number of hydrogen-bond donors (Lipinski definition) is 0. The summed E-state index contributed by atoms with van der Waals surface area (Å²) in [6, 6.07) is 6.19. The Morgan fingerprint density at radius 1 is 1.25 bits per heavy atom. The van der Waals surface area contributed by atoms with Crippen molar-refractivity contribution in [3.63, 3.8) is 0 Å². The van der Waals surface area contributed by atoms with Gasteiger partial charge in [0.2, 0.25) is 0 Å². The van der Waals surface area contributed by atoms with Crippen LogP contribution in [-0.2, 0) is 6.54 Å². The molecule has 0 radical (unpaired) electrons. The van der Waals surface area contributed by atoms with E-state index in [1.165, 1.54) is 21.5 Å². The molecule has 0 unspecified atom stereocenters. The van der Waals surface area contributed by atoms with Crippen molar-refractivity contribution in [2.45, 2.75) is 40.2 Å². The molecule has 3 rings (SSSR count). The summed E-state index contributed by atoms with van der Waals surface area (Å²) in [4.78, 5) is 18.4. The Labute approximate surface area is 144 Å². The van der Waals surface area contributed by atoms with E-state index in [2.05, 4.69) is 11.1 Å². The van der Waals surface area contributed by atoms with Crippen LogP contribution in [0.2, 0.25) is 0 Å². The molecule has 0 saturated carbocycles. The van der Waals surface area contributed by atoms with Crippen LogP contribution in [0.3, 0.4) is 0 Å². The highest BCUT2D eigenvalue weighted by atomic mass is 32.1. The average Bonchev–Trinajstić information content (AvgIpc) is 2.94. The zero-order chi connectivity index (χ0) is 17.4. The summed E-state index contributed by atoms with van der Waals surface area (Å²) in [6.45, 7) is 7.52. The summed E-state index contributed by atoms with van der Waals surface area (Å²) in [5, 5.41) is 2.59. The van der Waals surface area contributed by atoms with Crippen molar-refractivity contribution < 1.29 is 4.39 Å². The lowest BCUT2D eigenvalue weighted by atomic mass is 9.99. The van der Waals surface area contributed by atoms with Crippen LogP contribution in [0.15, 0.2) is 28.4 Å². The number of rotatable bonds is 4. The SMILES string of the molecule is Cc1ccc(-c2csc3nc(C(C)C)n(CCF)c(=O)c23)c(C)c1. The van der Waals surface area contributed by atoms with E-state index >= 15 is 0 Å². The summed E-state index contributed by atoms with van der Waals surface area (Å²) >= 11 is 1.48. The standard InChI is InChI=1S/C19H21FN2OS/c1-11(2)17-21-18-16(19(23)22(17)8-7-20)15(10-24-18)14-6-5-12(3)9-13(14)4/h5-6,9-11H,7-8H2,1-4H3. The van der Waals surface area contributed by atoms with Crippen molar-refractivity contribution in [1.29, 1.82) is 0 Å². The number of thiophene rings is 1. The highest BCUT2D eigenvalue weighted by Gasteiger charge is 2.19. The molecule has 0 aliphatic carbocycles.